The van der Waals surface area contributed by atoms with Crippen molar-refractivity contribution in [1.82, 2.24) is 0 Å². The molecule has 3 heteroatoms. The topological polar surface area (TPSA) is 20.3 Å². The maximum Gasteiger partial charge on any atom is 0.164 e. The molecule has 2 aromatic carbocycles. The second-order valence-electron chi connectivity index (χ2n) is 5.45. The summed E-state index contributed by atoms with van der Waals surface area (Å²) in [6.45, 7) is 4.72. The number of anilines is 1. The molecule has 0 aliphatic carbocycles. The van der Waals surface area contributed by atoms with Gasteiger partial charge in [0.1, 0.15) is 5.82 Å². The maximum absolute atomic E-state index is 13.1. The Bertz CT molecular complexity index is 631. The average Bonchev–Trinajstić information content (AvgIpc) is 2.43. The van der Waals surface area contributed by atoms with Crippen LogP contribution in [0.3, 0.4) is 0 Å². The molecule has 0 spiro atoms. The minimum atomic E-state index is -0.372. The lowest BCUT2D eigenvalue weighted by Crippen LogP contribution is -2.21. The first-order chi connectivity index (χ1) is 9.95. The lowest BCUT2D eigenvalue weighted by atomic mass is 10.1. The van der Waals surface area contributed by atoms with Gasteiger partial charge < -0.3 is 4.90 Å². The Kier molecular flexibility index (Phi) is 4.73. The first-order valence-electron chi connectivity index (χ1n) is 7.04. The first kappa shape index (κ1) is 15.2. The number of halogens is 1. The van der Waals surface area contributed by atoms with Gasteiger partial charge in [-0.05, 0) is 49.2 Å². The summed E-state index contributed by atoms with van der Waals surface area (Å²) in [5.41, 5.74) is 3.94. The lowest BCUT2D eigenvalue weighted by molar-refractivity contribution is 0.0984. The number of benzene rings is 2. The third-order valence-electron chi connectivity index (χ3n) is 3.47. The molecule has 0 aliphatic rings. The third kappa shape index (κ3) is 4.15. The molecule has 2 rings (SSSR count). The van der Waals surface area contributed by atoms with Gasteiger partial charge in [0, 0.05) is 31.3 Å². The van der Waals surface area contributed by atoms with E-state index in [0.717, 1.165) is 5.69 Å². The number of ketones is 1. The Hall–Kier alpha value is -2.16. The Labute approximate surface area is 125 Å². The van der Waals surface area contributed by atoms with Gasteiger partial charge in [0.25, 0.3) is 0 Å². The van der Waals surface area contributed by atoms with E-state index in [4.69, 9.17) is 0 Å². The van der Waals surface area contributed by atoms with Crippen LogP contribution in [0, 0.1) is 19.7 Å². The van der Waals surface area contributed by atoms with E-state index >= 15 is 0 Å². The average molecular weight is 285 g/mol. The van der Waals surface area contributed by atoms with Crippen molar-refractivity contribution >= 4 is 11.5 Å². The van der Waals surface area contributed by atoms with Crippen LogP contribution in [0.15, 0.2) is 42.5 Å². The predicted molar refractivity (Wildman–Crippen MR) is 84.5 cm³/mol. The molecule has 21 heavy (non-hydrogen) atoms. The van der Waals surface area contributed by atoms with E-state index in [1.54, 1.807) is 12.1 Å². The van der Waals surface area contributed by atoms with Crippen LogP contribution in [-0.4, -0.2) is 19.4 Å². The number of rotatable bonds is 5. The fourth-order valence-corrected chi connectivity index (χ4v) is 2.38. The molecule has 2 aromatic rings. The SMILES string of the molecule is Cc1cc(C)cc(N(C)CCC(=O)c2cccc(F)c2)c1. The van der Waals surface area contributed by atoms with E-state index < -0.39 is 0 Å². The van der Waals surface area contributed by atoms with Gasteiger partial charge in [-0.1, -0.05) is 18.2 Å². The van der Waals surface area contributed by atoms with Crippen molar-refractivity contribution in [2.75, 3.05) is 18.5 Å². The molecule has 2 nitrogen and oxygen atoms in total. The zero-order valence-corrected chi connectivity index (χ0v) is 12.7. The molecule has 0 amide bonds. The highest BCUT2D eigenvalue weighted by molar-refractivity contribution is 5.96. The molecule has 0 heterocycles. The highest BCUT2D eigenvalue weighted by atomic mass is 19.1. The van der Waals surface area contributed by atoms with Crippen LogP contribution in [0.5, 0.6) is 0 Å². The first-order valence-corrected chi connectivity index (χ1v) is 7.04. The van der Waals surface area contributed by atoms with E-state index in [2.05, 4.69) is 36.9 Å². The predicted octanol–water partition coefficient (Wildman–Crippen LogP) is 4.15. The summed E-state index contributed by atoms with van der Waals surface area (Å²) in [6, 6.07) is 12.2. The number of hydrogen-bond donors (Lipinski definition) is 0. The fraction of sp³-hybridized carbons (Fsp3) is 0.278. The van der Waals surface area contributed by atoms with Gasteiger partial charge in [-0.3, -0.25) is 4.79 Å². The zero-order valence-electron chi connectivity index (χ0n) is 12.7. The van der Waals surface area contributed by atoms with E-state index in [1.807, 2.05) is 7.05 Å². The van der Waals surface area contributed by atoms with Crippen LogP contribution in [0.1, 0.15) is 27.9 Å². The molecule has 0 fully saturated rings. The molecule has 110 valence electrons. The molecule has 0 N–H and O–H groups in total. The van der Waals surface area contributed by atoms with Crippen molar-refractivity contribution in [3.05, 3.63) is 65.0 Å². The van der Waals surface area contributed by atoms with Crippen LogP contribution in [0.2, 0.25) is 0 Å². The molecule has 0 radical (unpaired) electrons. The van der Waals surface area contributed by atoms with Crippen LogP contribution >= 0.6 is 0 Å². The van der Waals surface area contributed by atoms with Crippen molar-refractivity contribution in [2.45, 2.75) is 20.3 Å². The van der Waals surface area contributed by atoms with Crippen LogP contribution in [-0.2, 0) is 0 Å². The van der Waals surface area contributed by atoms with Gasteiger partial charge in [-0.25, -0.2) is 4.39 Å². The van der Waals surface area contributed by atoms with Gasteiger partial charge in [-0.15, -0.1) is 0 Å². The Balaban J connectivity index is 2.00. The van der Waals surface area contributed by atoms with Gasteiger partial charge in [0.15, 0.2) is 5.78 Å². The lowest BCUT2D eigenvalue weighted by Gasteiger charge is -2.20. The van der Waals surface area contributed by atoms with Crippen LogP contribution in [0.25, 0.3) is 0 Å². The van der Waals surface area contributed by atoms with E-state index in [-0.39, 0.29) is 11.6 Å². The molecular weight excluding hydrogens is 265 g/mol. The molecule has 0 saturated heterocycles. The summed E-state index contributed by atoms with van der Waals surface area (Å²) in [7, 11) is 1.97. The number of Topliss-reactive ketones (excluding diaryl/α,β-unsaturated/α-hetero) is 1. The van der Waals surface area contributed by atoms with E-state index in [9.17, 15) is 9.18 Å². The minimum Gasteiger partial charge on any atom is -0.374 e. The molecular formula is C18H20FNO. The number of carbonyl (C=O) groups is 1. The molecule has 0 atom stereocenters. The number of hydrogen-bond acceptors (Lipinski definition) is 2. The largest absolute Gasteiger partial charge is 0.374 e. The smallest absolute Gasteiger partial charge is 0.164 e. The maximum atomic E-state index is 13.1. The monoisotopic (exact) mass is 285 g/mol. The van der Waals surface area contributed by atoms with Gasteiger partial charge >= 0.3 is 0 Å². The standard InChI is InChI=1S/C18H20FNO/c1-13-9-14(2)11-17(10-13)20(3)8-7-18(21)15-5-4-6-16(19)12-15/h4-6,9-12H,7-8H2,1-3H3. The van der Waals surface area contributed by atoms with E-state index in [1.165, 1.54) is 23.3 Å². The Morgan fingerprint density at radius 1 is 1.10 bits per heavy atom. The summed E-state index contributed by atoms with van der Waals surface area (Å²) < 4.78 is 13.1. The van der Waals surface area contributed by atoms with Crippen molar-refractivity contribution in [1.29, 1.82) is 0 Å². The van der Waals surface area contributed by atoms with E-state index in [0.29, 0.717) is 18.5 Å². The normalized spacial score (nSPS) is 10.5. The van der Waals surface area contributed by atoms with Crippen molar-refractivity contribution < 1.29 is 9.18 Å². The molecule has 0 bridgehead atoms. The summed E-state index contributed by atoms with van der Waals surface area (Å²) in [5, 5.41) is 0. The summed E-state index contributed by atoms with van der Waals surface area (Å²) in [5.74, 6) is -0.408. The van der Waals surface area contributed by atoms with Crippen molar-refractivity contribution in [2.24, 2.45) is 0 Å². The minimum absolute atomic E-state index is 0.0364. The van der Waals surface area contributed by atoms with Crippen LogP contribution < -0.4 is 4.90 Å². The summed E-state index contributed by atoms with van der Waals surface area (Å²) in [6.07, 6.45) is 0.368. The number of nitrogens with zero attached hydrogens (tertiary/aromatic N) is 1. The third-order valence-corrected chi connectivity index (χ3v) is 3.47. The zero-order chi connectivity index (χ0) is 15.4. The second kappa shape index (κ2) is 6.53. The van der Waals surface area contributed by atoms with Gasteiger partial charge in [0.05, 0.1) is 0 Å². The second-order valence-corrected chi connectivity index (χ2v) is 5.45. The Morgan fingerprint density at radius 3 is 2.38 bits per heavy atom. The highest BCUT2D eigenvalue weighted by Gasteiger charge is 2.09. The molecule has 0 aromatic heterocycles. The quantitative estimate of drug-likeness (QED) is 0.769. The number of aryl methyl sites for hydroxylation is 2. The number of carbonyl (C=O) groups excluding carboxylic acids is 1. The molecule has 0 unspecified atom stereocenters. The fourth-order valence-electron chi connectivity index (χ4n) is 2.38. The van der Waals surface area contributed by atoms with Crippen molar-refractivity contribution in [3.8, 4) is 0 Å². The van der Waals surface area contributed by atoms with Crippen molar-refractivity contribution in [3.63, 3.8) is 0 Å². The summed E-state index contributed by atoms with van der Waals surface area (Å²) in [4.78, 5) is 14.1. The Morgan fingerprint density at radius 2 is 1.76 bits per heavy atom. The van der Waals surface area contributed by atoms with Gasteiger partial charge in [0.2, 0.25) is 0 Å². The molecule has 0 saturated carbocycles. The summed E-state index contributed by atoms with van der Waals surface area (Å²) >= 11 is 0. The van der Waals surface area contributed by atoms with Gasteiger partial charge in [-0.2, -0.15) is 0 Å². The molecule has 0 aliphatic heterocycles. The van der Waals surface area contributed by atoms with Crippen LogP contribution in [0.4, 0.5) is 10.1 Å². The highest BCUT2D eigenvalue weighted by Crippen LogP contribution is 2.18.